The minimum absolute atomic E-state index is 0.0417. The molecule has 11 nitrogen and oxygen atoms in total. The Morgan fingerprint density at radius 2 is 2.00 bits per heavy atom. The lowest BCUT2D eigenvalue weighted by Crippen LogP contribution is -2.36. The summed E-state index contributed by atoms with van der Waals surface area (Å²) in [7, 11) is 0. The Bertz CT molecular complexity index is 817. The monoisotopic (exact) mass is 452 g/mol. The maximum Gasteiger partial charge on any atom is 0.251 e. The third-order valence-corrected chi connectivity index (χ3v) is 5.05. The van der Waals surface area contributed by atoms with E-state index in [0.717, 1.165) is 29.4 Å². The maximum absolute atomic E-state index is 12.1. The number of nitrogens with one attached hydrogen (secondary N) is 3. The molecule has 0 spiro atoms. The summed E-state index contributed by atoms with van der Waals surface area (Å²) in [6.07, 6.45) is 1.75. The summed E-state index contributed by atoms with van der Waals surface area (Å²) in [5.41, 5.74) is 8.75. The molecular weight excluding hydrogens is 424 g/mol. The van der Waals surface area contributed by atoms with Crippen molar-refractivity contribution in [2.75, 3.05) is 24.2 Å². The highest BCUT2D eigenvalue weighted by molar-refractivity contribution is 8.14. The van der Waals surface area contributed by atoms with Crippen molar-refractivity contribution in [3.8, 4) is 0 Å². The van der Waals surface area contributed by atoms with Crippen molar-refractivity contribution in [1.29, 1.82) is 0 Å². The largest absolute Gasteiger partial charge is 0.365 e. The lowest BCUT2D eigenvalue weighted by atomic mass is 10.1. The second-order valence-corrected chi connectivity index (χ2v) is 7.65. The summed E-state index contributed by atoms with van der Waals surface area (Å²) >= 11 is 0.841. The number of thioether (sulfide) groups is 1. The molecule has 5 N–H and O–H groups in total. The molecule has 31 heavy (non-hydrogen) atoms. The van der Waals surface area contributed by atoms with Crippen LogP contribution >= 0.6 is 11.8 Å². The van der Waals surface area contributed by atoms with Gasteiger partial charge in [0.25, 0.3) is 5.96 Å². The van der Waals surface area contributed by atoms with Gasteiger partial charge in [0.15, 0.2) is 5.03 Å². The Hall–Kier alpha value is -3.15. The molecule has 1 aromatic rings. The van der Waals surface area contributed by atoms with Crippen molar-refractivity contribution in [3.63, 3.8) is 0 Å². The quantitative estimate of drug-likeness (QED) is 0.120. The number of carbonyl (C=O) groups excluding carboxylic acids is 3. The molecule has 0 bridgehead atoms. The molecule has 0 aliphatic rings. The number of hydrogen-bond donors (Lipinski definition) is 4. The van der Waals surface area contributed by atoms with Crippen molar-refractivity contribution in [3.05, 3.63) is 39.9 Å². The molecule has 1 rings (SSSR count). The summed E-state index contributed by atoms with van der Waals surface area (Å²) in [6, 6.07) is 7.46. The molecule has 0 aliphatic heterocycles. The van der Waals surface area contributed by atoms with E-state index in [9.17, 15) is 24.5 Å². The molecule has 0 aliphatic carbocycles. The number of nitrogens with zero attached hydrogens (tertiary/aromatic N) is 2. The molecule has 0 aromatic heterocycles. The lowest BCUT2D eigenvalue weighted by molar-refractivity contribution is -0.525. The van der Waals surface area contributed by atoms with Gasteiger partial charge in [-0.3, -0.25) is 14.4 Å². The third kappa shape index (κ3) is 11.0. The van der Waals surface area contributed by atoms with Crippen LogP contribution in [0.3, 0.4) is 0 Å². The Morgan fingerprint density at radius 3 is 2.68 bits per heavy atom. The molecule has 1 aromatic carbocycles. The van der Waals surface area contributed by atoms with Crippen LogP contribution in [0.2, 0.25) is 0 Å². The van der Waals surface area contributed by atoms with E-state index in [-0.39, 0.29) is 47.6 Å². The number of benzene rings is 1. The second-order valence-electron chi connectivity index (χ2n) is 6.62. The first-order valence-corrected chi connectivity index (χ1v) is 10.7. The minimum atomic E-state index is -0.808. The van der Waals surface area contributed by atoms with Crippen LogP contribution in [0.25, 0.3) is 0 Å². The number of hydrazine groups is 1. The Morgan fingerprint density at radius 1 is 1.29 bits per heavy atom. The first-order chi connectivity index (χ1) is 14.7. The van der Waals surface area contributed by atoms with Crippen molar-refractivity contribution >= 4 is 40.3 Å². The summed E-state index contributed by atoms with van der Waals surface area (Å²) in [6.45, 7) is 3.75. The fraction of sp³-hybridized carbons (Fsp3) is 0.474. The van der Waals surface area contributed by atoms with Crippen molar-refractivity contribution in [2.45, 2.75) is 33.1 Å². The molecule has 0 heterocycles. The molecule has 0 radical (unpaired) electrons. The first kappa shape index (κ1) is 25.9. The van der Waals surface area contributed by atoms with Gasteiger partial charge in [-0.15, -0.1) is 0 Å². The number of rotatable bonds is 12. The van der Waals surface area contributed by atoms with E-state index < -0.39 is 5.03 Å². The van der Waals surface area contributed by atoms with Crippen molar-refractivity contribution < 1.29 is 19.4 Å². The zero-order chi connectivity index (χ0) is 23.2. The van der Waals surface area contributed by atoms with E-state index >= 15 is 0 Å². The standard InChI is InChI=1S/C19H28N6O5S/c1-3-14-8-4-5-9-15(14)23-16(26)12-31-17(27)11-22-18(28)13(2)7-6-10-21-19(20)24-25(29)30/h4-5,8-9,13H,3,6-7,10-12H2,1-2H3,(H,22,28)(H,23,26)(H3,20,21,24)/t13-/m0/s1. The molecule has 1 atom stereocenters. The molecule has 0 saturated carbocycles. The average molecular weight is 453 g/mol. The van der Waals surface area contributed by atoms with E-state index in [1.807, 2.05) is 31.2 Å². The van der Waals surface area contributed by atoms with Gasteiger partial charge in [0.2, 0.25) is 16.9 Å². The van der Waals surface area contributed by atoms with Crippen LogP contribution in [0.15, 0.2) is 29.3 Å². The minimum Gasteiger partial charge on any atom is -0.365 e. The van der Waals surface area contributed by atoms with Gasteiger partial charge in [0, 0.05) is 18.2 Å². The Labute approximate surface area is 184 Å². The Balaban J connectivity index is 2.26. The zero-order valence-corrected chi connectivity index (χ0v) is 18.4. The molecule has 12 heteroatoms. The highest BCUT2D eigenvalue weighted by Gasteiger charge is 2.15. The molecule has 0 unspecified atom stereocenters. The highest BCUT2D eigenvalue weighted by Crippen LogP contribution is 2.16. The van der Waals surface area contributed by atoms with Crippen molar-refractivity contribution in [2.24, 2.45) is 16.6 Å². The van der Waals surface area contributed by atoms with Gasteiger partial charge >= 0.3 is 0 Å². The van der Waals surface area contributed by atoms with E-state index in [4.69, 9.17) is 5.73 Å². The van der Waals surface area contributed by atoms with Gasteiger partial charge < -0.3 is 16.4 Å². The number of nitrogens with two attached hydrogens (primary N) is 1. The highest BCUT2D eigenvalue weighted by atomic mass is 32.2. The first-order valence-electron chi connectivity index (χ1n) is 9.75. The van der Waals surface area contributed by atoms with E-state index in [0.29, 0.717) is 12.8 Å². The lowest BCUT2D eigenvalue weighted by Gasteiger charge is -2.11. The smallest absolute Gasteiger partial charge is 0.251 e. The third-order valence-electron chi connectivity index (χ3n) is 4.17. The van der Waals surface area contributed by atoms with Crippen LogP contribution < -0.4 is 21.8 Å². The SMILES string of the molecule is CCc1ccccc1NC(=O)CSC(=O)CNC(=O)[C@@H](C)CCCN=C(N)N[N+](=O)[O-]. The number of nitro groups is 1. The molecule has 2 amide bonds. The van der Waals surface area contributed by atoms with E-state index in [1.165, 1.54) is 0 Å². The number of aliphatic imine (C=N–C) groups is 1. The predicted octanol–water partition coefficient (Wildman–Crippen LogP) is 1.08. The predicted molar refractivity (Wildman–Crippen MR) is 120 cm³/mol. The number of amides is 2. The van der Waals surface area contributed by atoms with Gasteiger partial charge in [-0.25, -0.2) is 15.1 Å². The fourth-order valence-corrected chi connectivity index (χ4v) is 3.06. The summed E-state index contributed by atoms with van der Waals surface area (Å²) in [5.74, 6) is -1.29. The number of guanidine groups is 1. The topological polar surface area (TPSA) is 169 Å². The van der Waals surface area contributed by atoms with Crippen LogP contribution in [0.5, 0.6) is 0 Å². The van der Waals surface area contributed by atoms with Gasteiger partial charge in [0.1, 0.15) is 0 Å². The number of anilines is 1. The van der Waals surface area contributed by atoms with Crippen LogP contribution in [-0.4, -0.2) is 46.8 Å². The maximum atomic E-state index is 12.1. The molecule has 0 fully saturated rings. The number of carbonyl (C=O) groups is 3. The molecule has 0 saturated heterocycles. The second kappa shape index (κ2) is 14.0. The fourth-order valence-electron chi connectivity index (χ4n) is 2.52. The van der Waals surface area contributed by atoms with Crippen LogP contribution in [0, 0.1) is 16.0 Å². The van der Waals surface area contributed by atoms with Crippen LogP contribution in [0.4, 0.5) is 5.69 Å². The average Bonchev–Trinajstić information content (AvgIpc) is 2.73. The summed E-state index contributed by atoms with van der Waals surface area (Å²) in [4.78, 5) is 50.0. The number of hydrogen-bond acceptors (Lipinski definition) is 7. The van der Waals surface area contributed by atoms with Gasteiger partial charge in [-0.1, -0.05) is 49.2 Å². The number of aryl methyl sites for hydroxylation is 1. The van der Waals surface area contributed by atoms with Gasteiger partial charge in [-0.2, -0.15) is 0 Å². The van der Waals surface area contributed by atoms with Gasteiger partial charge in [-0.05, 0) is 30.9 Å². The zero-order valence-electron chi connectivity index (χ0n) is 17.6. The van der Waals surface area contributed by atoms with E-state index in [2.05, 4.69) is 15.6 Å². The molecular formula is C19H28N6O5S. The van der Waals surface area contributed by atoms with Crippen LogP contribution in [-0.2, 0) is 20.8 Å². The van der Waals surface area contributed by atoms with Gasteiger partial charge in [0.05, 0.1) is 12.3 Å². The molecule has 170 valence electrons. The summed E-state index contributed by atoms with van der Waals surface area (Å²) < 4.78 is 0. The van der Waals surface area contributed by atoms with Crippen LogP contribution in [0.1, 0.15) is 32.3 Å². The number of para-hydroxylation sites is 1. The normalized spacial score (nSPS) is 12.0. The van der Waals surface area contributed by atoms with E-state index in [1.54, 1.807) is 12.3 Å². The summed E-state index contributed by atoms with van der Waals surface area (Å²) in [5, 5.41) is 14.4. The Kier molecular flexibility index (Phi) is 11.7. The van der Waals surface area contributed by atoms with Crippen molar-refractivity contribution in [1.82, 2.24) is 10.7 Å².